The molecule has 248 valence electrons. The summed E-state index contributed by atoms with van der Waals surface area (Å²) in [7, 11) is -1.04. The highest BCUT2D eigenvalue weighted by Crippen LogP contribution is 2.38. The maximum atomic E-state index is 7.40. The highest BCUT2D eigenvalue weighted by molar-refractivity contribution is 9.10. The van der Waals surface area contributed by atoms with Crippen LogP contribution in [0.2, 0.25) is 5.04 Å². The van der Waals surface area contributed by atoms with E-state index in [4.69, 9.17) is 24.9 Å². The zero-order valence-corrected chi connectivity index (χ0v) is 30.9. The number of ether oxygens (including phenoxy) is 1. The van der Waals surface area contributed by atoms with Crippen LogP contribution in [-0.4, -0.2) is 42.6 Å². The molecule has 0 aliphatic rings. The van der Waals surface area contributed by atoms with Gasteiger partial charge in [-0.2, -0.15) is 4.98 Å². The molecule has 0 amide bonds. The minimum atomic E-state index is -2.75. The second-order valence-electron chi connectivity index (χ2n) is 13.3. The monoisotopic (exact) mass is 721 g/mol. The molecule has 0 spiro atoms. The fraction of sp³-hybridized carbons (Fsp3) is 0.282. The van der Waals surface area contributed by atoms with E-state index >= 15 is 0 Å². The van der Waals surface area contributed by atoms with Gasteiger partial charge in [-0.3, -0.25) is 0 Å². The normalized spacial score (nSPS) is 12.8. The molecule has 0 bridgehead atoms. The Balaban J connectivity index is 1.45. The molecule has 0 saturated carbocycles. The second-order valence-corrected chi connectivity index (χ2v) is 18.5. The van der Waals surface area contributed by atoms with E-state index in [0.29, 0.717) is 19.0 Å². The van der Waals surface area contributed by atoms with Crippen LogP contribution in [-0.2, 0) is 11.0 Å². The molecule has 6 aromatic rings. The van der Waals surface area contributed by atoms with E-state index in [-0.39, 0.29) is 17.0 Å². The molecule has 6 rings (SSSR count). The minimum Gasteiger partial charge on any atom is -0.496 e. The maximum Gasteiger partial charge on any atom is 0.261 e. The quantitative estimate of drug-likeness (QED) is 0.124. The average molecular weight is 723 g/mol. The summed E-state index contributed by atoms with van der Waals surface area (Å²) in [6.45, 7) is 10.2. The molecular formula is C39H44BrN5O2Si. The van der Waals surface area contributed by atoms with E-state index in [1.165, 1.54) is 10.4 Å². The Morgan fingerprint density at radius 2 is 1.54 bits per heavy atom. The molecule has 0 saturated heterocycles. The largest absolute Gasteiger partial charge is 0.496 e. The zero-order valence-electron chi connectivity index (χ0n) is 28.3. The molecular weight excluding hydrogens is 678 g/mol. The Labute approximate surface area is 292 Å². The van der Waals surface area contributed by atoms with Gasteiger partial charge in [0, 0.05) is 21.5 Å². The standard InChI is InChI=1S/C39H44BrN5O2Si/c1-6-15-29(26-47-48(39(2,3)4,30-16-9-7-10-17-30)31-18-11-8-12-19-31)42-37-36-35(43-38(41)44-37)32-20-13-14-21-33(32)45(36)25-27-24-28(40)22-23-34(27)46-5/h7-14,16-24,29H,6,15,25-26H2,1-5H3,(H3,41,42,43,44)/t29-/m0/s1. The maximum absolute atomic E-state index is 7.40. The van der Waals surface area contributed by atoms with Crippen LogP contribution in [0.5, 0.6) is 5.75 Å². The molecule has 7 nitrogen and oxygen atoms in total. The van der Waals surface area contributed by atoms with E-state index < -0.39 is 8.32 Å². The van der Waals surface area contributed by atoms with Crippen molar-refractivity contribution in [1.29, 1.82) is 0 Å². The van der Waals surface area contributed by atoms with Crippen molar-refractivity contribution in [3.8, 4) is 5.75 Å². The number of rotatable bonds is 12. The summed E-state index contributed by atoms with van der Waals surface area (Å²) >= 11 is 3.65. The molecule has 0 unspecified atom stereocenters. The fourth-order valence-electron chi connectivity index (χ4n) is 6.98. The van der Waals surface area contributed by atoms with E-state index in [9.17, 15) is 0 Å². The molecule has 2 heterocycles. The number of nitrogen functional groups attached to an aromatic ring is 1. The Kier molecular flexibility index (Phi) is 9.92. The summed E-state index contributed by atoms with van der Waals surface area (Å²) in [5.41, 5.74) is 10.2. The van der Waals surface area contributed by atoms with E-state index in [2.05, 4.69) is 138 Å². The number of hydrogen-bond acceptors (Lipinski definition) is 6. The first-order valence-corrected chi connectivity index (χ1v) is 19.2. The molecule has 0 radical (unpaired) electrons. The zero-order chi connectivity index (χ0) is 33.9. The van der Waals surface area contributed by atoms with Crippen molar-refractivity contribution < 1.29 is 9.16 Å². The summed E-state index contributed by atoms with van der Waals surface area (Å²) in [6.07, 6.45) is 1.87. The van der Waals surface area contributed by atoms with Crippen molar-refractivity contribution >= 4 is 68.3 Å². The summed E-state index contributed by atoms with van der Waals surface area (Å²) < 4.78 is 16.4. The predicted octanol–water partition coefficient (Wildman–Crippen LogP) is 8.14. The lowest BCUT2D eigenvalue weighted by molar-refractivity contribution is 0.273. The second kappa shape index (κ2) is 14.1. The summed E-state index contributed by atoms with van der Waals surface area (Å²) in [5.74, 6) is 1.75. The van der Waals surface area contributed by atoms with Crippen molar-refractivity contribution in [2.75, 3.05) is 24.8 Å². The Hall–Kier alpha value is -4.18. The van der Waals surface area contributed by atoms with Crippen LogP contribution in [0.15, 0.2) is 108 Å². The predicted molar refractivity (Wildman–Crippen MR) is 205 cm³/mol. The smallest absolute Gasteiger partial charge is 0.261 e. The lowest BCUT2D eigenvalue weighted by Crippen LogP contribution is -2.67. The number of nitrogens with zero attached hydrogens (tertiary/aromatic N) is 3. The van der Waals surface area contributed by atoms with Gasteiger partial charge in [0.25, 0.3) is 8.32 Å². The molecule has 0 aliphatic heterocycles. The van der Waals surface area contributed by atoms with Gasteiger partial charge in [-0.15, -0.1) is 0 Å². The van der Waals surface area contributed by atoms with E-state index in [1.807, 2.05) is 18.2 Å². The number of nitrogens with one attached hydrogen (secondary N) is 1. The van der Waals surface area contributed by atoms with Crippen LogP contribution in [0.4, 0.5) is 11.8 Å². The number of anilines is 2. The molecule has 4 aromatic carbocycles. The SMILES string of the molecule is CCC[C@@H](CO[Si](c1ccccc1)(c1ccccc1)C(C)(C)C)Nc1nc(N)nc2c3ccccc3n(Cc3cc(Br)ccc3OC)c12. The van der Waals surface area contributed by atoms with Gasteiger partial charge in [-0.05, 0) is 46.1 Å². The van der Waals surface area contributed by atoms with Crippen molar-refractivity contribution in [3.05, 3.63) is 113 Å². The first kappa shape index (κ1) is 33.7. The highest BCUT2D eigenvalue weighted by atomic mass is 79.9. The lowest BCUT2D eigenvalue weighted by Gasteiger charge is -2.43. The number of nitrogens with two attached hydrogens (primary N) is 1. The Morgan fingerprint density at radius 3 is 2.17 bits per heavy atom. The molecule has 2 aromatic heterocycles. The molecule has 1 atom stereocenters. The van der Waals surface area contributed by atoms with Crippen molar-refractivity contribution in [1.82, 2.24) is 14.5 Å². The van der Waals surface area contributed by atoms with Crippen LogP contribution < -0.4 is 26.2 Å². The van der Waals surface area contributed by atoms with Crippen LogP contribution in [0.3, 0.4) is 0 Å². The van der Waals surface area contributed by atoms with Gasteiger partial charge >= 0.3 is 0 Å². The van der Waals surface area contributed by atoms with Crippen LogP contribution >= 0.6 is 15.9 Å². The average Bonchev–Trinajstić information content (AvgIpc) is 3.38. The Morgan fingerprint density at radius 1 is 0.896 bits per heavy atom. The van der Waals surface area contributed by atoms with Gasteiger partial charge < -0.3 is 24.8 Å². The van der Waals surface area contributed by atoms with Gasteiger partial charge in [-0.1, -0.05) is 129 Å². The number of fused-ring (bicyclic) bond motifs is 3. The van der Waals surface area contributed by atoms with Crippen LogP contribution in [0, 0.1) is 0 Å². The van der Waals surface area contributed by atoms with Crippen LogP contribution in [0.25, 0.3) is 21.9 Å². The minimum absolute atomic E-state index is 0.0268. The van der Waals surface area contributed by atoms with Gasteiger partial charge in [0.1, 0.15) is 16.8 Å². The van der Waals surface area contributed by atoms with Gasteiger partial charge in [0.2, 0.25) is 5.95 Å². The first-order chi connectivity index (χ1) is 23.2. The lowest BCUT2D eigenvalue weighted by atomic mass is 10.2. The third-order valence-corrected chi connectivity index (χ3v) is 14.6. The summed E-state index contributed by atoms with van der Waals surface area (Å²) in [4.78, 5) is 9.62. The van der Waals surface area contributed by atoms with E-state index in [0.717, 1.165) is 50.6 Å². The molecule has 3 N–H and O–H groups in total. The molecule has 0 aliphatic carbocycles. The molecule has 0 fully saturated rings. The van der Waals surface area contributed by atoms with Crippen molar-refractivity contribution in [3.63, 3.8) is 0 Å². The van der Waals surface area contributed by atoms with Gasteiger partial charge in [0.15, 0.2) is 5.82 Å². The van der Waals surface area contributed by atoms with E-state index in [1.54, 1.807) is 7.11 Å². The Bertz CT molecular complexity index is 1970. The number of hydrogen-bond donors (Lipinski definition) is 2. The first-order valence-electron chi connectivity index (χ1n) is 16.5. The number of halogens is 1. The summed E-state index contributed by atoms with van der Waals surface area (Å²) in [6, 6.07) is 35.9. The number of benzene rings is 4. The van der Waals surface area contributed by atoms with Crippen molar-refractivity contribution in [2.45, 2.75) is 58.2 Å². The van der Waals surface area contributed by atoms with Gasteiger partial charge in [0.05, 0.1) is 25.8 Å². The number of aromatic nitrogens is 3. The van der Waals surface area contributed by atoms with Gasteiger partial charge in [-0.25, -0.2) is 4.98 Å². The van der Waals surface area contributed by atoms with Crippen molar-refractivity contribution in [2.24, 2.45) is 0 Å². The third kappa shape index (κ3) is 6.46. The fourth-order valence-corrected chi connectivity index (χ4v) is 12.0. The third-order valence-electron chi connectivity index (χ3n) is 9.09. The number of methoxy groups -OCH3 is 1. The van der Waals surface area contributed by atoms with Crippen LogP contribution in [0.1, 0.15) is 46.1 Å². The molecule has 48 heavy (non-hydrogen) atoms. The summed E-state index contributed by atoms with van der Waals surface area (Å²) in [5, 5.41) is 7.23. The topological polar surface area (TPSA) is 87.2 Å². The molecule has 9 heteroatoms. The number of para-hydroxylation sites is 1. The highest BCUT2D eigenvalue weighted by Gasteiger charge is 2.50.